The van der Waals surface area contributed by atoms with Gasteiger partial charge in [0, 0.05) is 11.4 Å². The maximum atomic E-state index is 3.43. The van der Waals surface area contributed by atoms with E-state index in [2.05, 4.69) is 54.7 Å². The Morgan fingerprint density at radius 2 is 2.20 bits per heavy atom. The van der Waals surface area contributed by atoms with E-state index in [0.29, 0.717) is 0 Å². The van der Waals surface area contributed by atoms with Crippen LogP contribution in [-0.2, 0) is 6.42 Å². The molecule has 0 atom stereocenters. The Labute approximate surface area is 91.5 Å². The predicted molar refractivity (Wildman–Crippen MR) is 65.9 cm³/mol. The normalized spacial score (nSPS) is 14.9. The lowest BCUT2D eigenvalue weighted by atomic mass is 10.1. The SMILES string of the molecule is CCc1cccc(NC2=CCCC=C2)c1. The summed E-state index contributed by atoms with van der Waals surface area (Å²) in [4.78, 5) is 0. The Bertz CT molecular complexity index is 388. The van der Waals surface area contributed by atoms with Gasteiger partial charge in [0.05, 0.1) is 0 Å². The lowest BCUT2D eigenvalue weighted by Crippen LogP contribution is -1.99. The van der Waals surface area contributed by atoms with Gasteiger partial charge in [0.25, 0.3) is 0 Å². The van der Waals surface area contributed by atoms with Crippen LogP contribution in [0.5, 0.6) is 0 Å². The fourth-order valence-corrected chi connectivity index (χ4v) is 1.74. The van der Waals surface area contributed by atoms with Crippen LogP contribution in [0.15, 0.2) is 48.2 Å². The minimum absolute atomic E-state index is 1.09. The summed E-state index contributed by atoms with van der Waals surface area (Å²) in [6.07, 6.45) is 10.0. The number of rotatable bonds is 3. The highest BCUT2D eigenvalue weighted by Crippen LogP contribution is 2.16. The van der Waals surface area contributed by atoms with E-state index in [1.807, 2.05) is 0 Å². The first-order valence-electron chi connectivity index (χ1n) is 5.61. The highest BCUT2D eigenvalue weighted by molar-refractivity contribution is 5.52. The van der Waals surface area contributed by atoms with E-state index in [1.165, 1.54) is 23.4 Å². The molecule has 1 nitrogen and oxygen atoms in total. The molecule has 1 heteroatoms. The van der Waals surface area contributed by atoms with E-state index in [0.717, 1.165) is 12.8 Å². The molecule has 0 radical (unpaired) electrons. The number of hydrogen-bond acceptors (Lipinski definition) is 1. The minimum atomic E-state index is 1.09. The molecule has 0 saturated carbocycles. The van der Waals surface area contributed by atoms with E-state index >= 15 is 0 Å². The highest BCUT2D eigenvalue weighted by Gasteiger charge is 1.98. The van der Waals surface area contributed by atoms with Crippen molar-refractivity contribution in [1.82, 2.24) is 0 Å². The zero-order valence-electron chi connectivity index (χ0n) is 9.16. The van der Waals surface area contributed by atoms with Gasteiger partial charge in [-0.25, -0.2) is 0 Å². The van der Waals surface area contributed by atoms with E-state index in [1.54, 1.807) is 0 Å². The Hall–Kier alpha value is -1.50. The molecule has 15 heavy (non-hydrogen) atoms. The van der Waals surface area contributed by atoms with Crippen LogP contribution in [-0.4, -0.2) is 0 Å². The summed E-state index contributed by atoms with van der Waals surface area (Å²) in [5, 5.41) is 3.43. The van der Waals surface area contributed by atoms with Crippen LogP contribution in [0.25, 0.3) is 0 Å². The van der Waals surface area contributed by atoms with E-state index < -0.39 is 0 Å². The molecule has 78 valence electrons. The zero-order valence-corrected chi connectivity index (χ0v) is 9.16. The highest BCUT2D eigenvalue weighted by atomic mass is 14.9. The van der Waals surface area contributed by atoms with Crippen molar-refractivity contribution in [3.63, 3.8) is 0 Å². The molecule has 1 aliphatic rings. The number of benzene rings is 1. The molecule has 1 aromatic carbocycles. The predicted octanol–water partition coefficient (Wildman–Crippen LogP) is 3.89. The van der Waals surface area contributed by atoms with E-state index in [-0.39, 0.29) is 0 Å². The molecule has 0 amide bonds. The number of nitrogens with one attached hydrogen (secondary N) is 1. The van der Waals surface area contributed by atoms with Gasteiger partial charge in [-0.1, -0.05) is 31.2 Å². The molecule has 0 bridgehead atoms. The molecule has 2 rings (SSSR count). The van der Waals surface area contributed by atoms with Gasteiger partial charge in [0.2, 0.25) is 0 Å². The largest absolute Gasteiger partial charge is 0.356 e. The number of hydrogen-bond donors (Lipinski definition) is 1. The van der Waals surface area contributed by atoms with Crippen LogP contribution in [0, 0.1) is 0 Å². The molecule has 1 N–H and O–H groups in total. The van der Waals surface area contributed by atoms with Crippen molar-refractivity contribution in [3.05, 3.63) is 53.8 Å². The Morgan fingerprint density at radius 3 is 2.93 bits per heavy atom. The second-order valence-corrected chi connectivity index (χ2v) is 3.82. The lowest BCUT2D eigenvalue weighted by Gasteiger charge is -2.11. The molecular weight excluding hydrogens is 182 g/mol. The van der Waals surface area contributed by atoms with Gasteiger partial charge in [0.1, 0.15) is 0 Å². The maximum absolute atomic E-state index is 3.43. The van der Waals surface area contributed by atoms with E-state index in [9.17, 15) is 0 Å². The molecule has 0 fully saturated rings. The average Bonchev–Trinajstić information content (AvgIpc) is 2.31. The second kappa shape index (κ2) is 4.83. The van der Waals surface area contributed by atoms with Crippen LogP contribution < -0.4 is 5.32 Å². The van der Waals surface area contributed by atoms with Gasteiger partial charge in [-0.2, -0.15) is 0 Å². The fourth-order valence-electron chi connectivity index (χ4n) is 1.74. The lowest BCUT2D eigenvalue weighted by molar-refractivity contribution is 1.02. The molecule has 0 aromatic heterocycles. The maximum Gasteiger partial charge on any atom is 0.0386 e. The summed E-state index contributed by atoms with van der Waals surface area (Å²) in [7, 11) is 0. The number of allylic oxidation sites excluding steroid dienone is 3. The smallest absolute Gasteiger partial charge is 0.0386 e. The summed E-state index contributed by atoms with van der Waals surface area (Å²) >= 11 is 0. The first-order chi connectivity index (χ1) is 7.38. The van der Waals surface area contributed by atoms with Crippen molar-refractivity contribution < 1.29 is 0 Å². The molecule has 0 spiro atoms. The fraction of sp³-hybridized carbons (Fsp3) is 0.286. The summed E-state index contributed by atoms with van der Waals surface area (Å²) in [5.41, 5.74) is 3.78. The Balaban J connectivity index is 2.10. The second-order valence-electron chi connectivity index (χ2n) is 3.82. The van der Waals surface area contributed by atoms with Gasteiger partial charge >= 0.3 is 0 Å². The molecule has 1 aromatic rings. The standard InChI is InChI=1S/C14H17N/c1-2-12-7-6-10-14(11-12)15-13-8-4-3-5-9-13/h4,6-11,15H,2-3,5H2,1H3. The first-order valence-corrected chi connectivity index (χ1v) is 5.61. The zero-order chi connectivity index (χ0) is 10.5. The third-order valence-corrected chi connectivity index (χ3v) is 2.62. The van der Waals surface area contributed by atoms with Gasteiger partial charge in [-0.3, -0.25) is 0 Å². The van der Waals surface area contributed by atoms with Crippen molar-refractivity contribution in [2.24, 2.45) is 0 Å². The van der Waals surface area contributed by atoms with Crippen molar-refractivity contribution in [3.8, 4) is 0 Å². The Kier molecular flexibility index (Phi) is 3.23. The molecule has 1 aliphatic carbocycles. The monoisotopic (exact) mass is 199 g/mol. The third-order valence-electron chi connectivity index (χ3n) is 2.62. The summed E-state index contributed by atoms with van der Waals surface area (Å²) in [5.74, 6) is 0. The van der Waals surface area contributed by atoms with Crippen LogP contribution in [0.3, 0.4) is 0 Å². The molecule has 0 aliphatic heterocycles. The third kappa shape index (κ3) is 2.72. The van der Waals surface area contributed by atoms with Crippen LogP contribution in [0.2, 0.25) is 0 Å². The summed E-state index contributed by atoms with van der Waals surface area (Å²) in [6, 6.07) is 8.59. The van der Waals surface area contributed by atoms with Gasteiger partial charge in [0.15, 0.2) is 0 Å². The van der Waals surface area contributed by atoms with Crippen molar-refractivity contribution >= 4 is 5.69 Å². The van der Waals surface area contributed by atoms with Crippen LogP contribution >= 0.6 is 0 Å². The van der Waals surface area contributed by atoms with Gasteiger partial charge in [-0.05, 0) is 43.0 Å². The molecular formula is C14H17N. The van der Waals surface area contributed by atoms with Crippen LogP contribution in [0.1, 0.15) is 25.3 Å². The quantitative estimate of drug-likeness (QED) is 0.778. The van der Waals surface area contributed by atoms with Crippen molar-refractivity contribution in [2.45, 2.75) is 26.2 Å². The first kappa shape index (κ1) is 10.0. The molecule has 0 heterocycles. The number of aryl methyl sites for hydroxylation is 1. The van der Waals surface area contributed by atoms with Crippen molar-refractivity contribution in [2.75, 3.05) is 5.32 Å². The average molecular weight is 199 g/mol. The topological polar surface area (TPSA) is 12.0 Å². The van der Waals surface area contributed by atoms with Gasteiger partial charge < -0.3 is 5.32 Å². The molecule has 0 saturated heterocycles. The van der Waals surface area contributed by atoms with E-state index in [4.69, 9.17) is 0 Å². The molecule has 0 unspecified atom stereocenters. The van der Waals surface area contributed by atoms with Gasteiger partial charge in [-0.15, -0.1) is 0 Å². The summed E-state index contributed by atoms with van der Waals surface area (Å²) in [6.45, 7) is 2.18. The van der Waals surface area contributed by atoms with Crippen molar-refractivity contribution in [1.29, 1.82) is 0 Å². The number of anilines is 1. The van der Waals surface area contributed by atoms with Crippen LogP contribution in [0.4, 0.5) is 5.69 Å². The Morgan fingerprint density at radius 1 is 1.27 bits per heavy atom. The minimum Gasteiger partial charge on any atom is -0.356 e. The summed E-state index contributed by atoms with van der Waals surface area (Å²) < 4.78 is 0.